The van der Waals surface area contributed by atoms with Crippen molar-refractivity contribution in [3.63, 3.8) is 0 Å². The SMILES string of the molecule is COc1cc(-c2cc(=O)n3cc(-c4ccc(CNCCCN)cc4)c(=O)nc3[nH]2)cc(C=O)c1OC. The molecular weight excluding hydrogens is 462 g/mol. The van der Waals surface area contributed by atoms with Crippen LogP contribution in [0.2, 0.25) is 0 Å². The fraction of sp³-hybridized carbons (Fsp3) is 0.231. The maximum absolute atomic E-state index is 13.0. The number of aromatic amines is 1. The molecule has 0 unspecified atom stereocenters. The summed E-state index contributed by atoms with van der Waals surface area (Å²) in [5.41, 5.74) is 7.80. The zero-order chi connectivity index (χ0) is 25.7. The highest BCUT2D eigenvalue weighted by Gasteiger charge is 2.15. The number of hydrogen-bond acceptors (Lipinski definition) is 8. The summed E-state index contributed by atoms with van der Waals surface area (Å²) in [7, 11) is 2.89. The zero-order valence-corrected chi connectivity index (χ0v) is 20.0. The molecule has 186 valence electrons. The molecule has 0 bridgehead atoms. The molecule has 0 atom stereocenters. The lowest BCUT2D eigenvalue weighted by Gasteiger charge is -2.13. The van der Waals surface area contributed by atoms with Crippen LogP contribution in [0.3, 0.4) is 0 Å². The molecule has 2 heterocycles. The molecule has 0 amide bonds. The number of hydrogen-bond donors (Lipinski definition) is 3. The monoisotopic (exact) mass is 489 g/mol. The van der Waals surface area contributed by atoms with E-state index in [1.165, 1.54) is 30.9 Å². The van der Waals surface area contributed by atoms with Crippen molar-refractivity contribution in [3.05, 3.63) is 80.5 Å². The van der Waals surface area contributed by atoms with E-state index in [2.05, 4.69) is 15.3 Å². The second-order valence-electron chi connectivity index (χ2n) is 8.11. The summed E-state index contributed by atoms with van der Waals surface area (Å²) in [5, 5.41) is 3.31. The number of nitrogens with zero attached hydrogens (tertiary/aromatic N) is 2. The van der Waals surface area contributed by atoms with Gasteiger partial charge in [-0.1, -0.05) is 24.3 Å². The number of nitrogens with two attached hydrogens (primary N) is 1. The van der Waals surface area contributed by atoms with Gasteiger partial charge in [0.25, 0.3) is 11.1 Å². The molecule has 0 spiro atoms. The van der Waals surface area contributed by atoms with Gasteiger partial charge in [0.1, 0.15) is 0 Å². The van der Waals surface area contributed by atoms with Gasteiger partial charge >= 0.3 is 0 Å². The summed E-state index contributed by atoms with van der Waals surface area (Å²) >= 11 is 0. The third kappa shape index (κ3) is 5.04. The minimum absolute atomic E-state index is 0.0782. The Morgan fingerprint density at radius 3 is 2.53 bits per heavy atom. The van der Waals surface area contributed by atoms with Crippen LogP contribution in [0.4, 0.5) is 0 Å². The normalized spacial score (nSPS) is 11.0. The highest BCUT2D eigenvalue weighted by atomic mass is 16.5. The van der Waals surface area contributed by atoms with E-state index >= 15 is 0 Å². The van der Waals surface area contributed by atoms with E-state index in [-0.39, 0.29) is 17.1 Å². The molecule has 0 aliphatic heterocycles. The number of fused-ring (bicyclic) bond motifs is 1. The van der Waals surface area contributed by atoms with E-state index in [1.807, 2.05) is 24.3 Å². The Morgan fingerprint density at radius 2 is 1.86 bits per heavy atom. The van der Waals surface area contributed by atoms with Crippen LogP contribution in [-0.2, 0) is 6.54 Å². The first kappa shape index (κ1) is 24.8. The number of H-pyrrole nitrogens is 1. The van der Waals surface area contributed by atoms with Gasteiger partial charge in [-0.15, -0.1) is 0 Å². The highest BCUT2D eigenvalue weighted by Crippen LogP contribution is 2.34. The molecule has 0 saturated carbocycles. The van der Waals surface area contributed by atoms with Gasteiger partial charge in [-0.3, -0.25) is 18.8 Å². The number of carbonyl (C=O) groups excluding carboxylic acids is 1. The lowest BCUT2D eigenvalue weighted by Crippen LogP contribution is -2.21. The van der Waals surface area contributed by atoms with E-state index < -0.39 is 11.1 Å². The van der Waals surface area contributed by atoms with E-state index in [0.29, 0.717) is 47.5 Å². The van der Waals surface area contributed by atoms with Crippen LogP contribution in [0, 0.1) is 0 Å². The molecule has 0 radical (unpaired) electrons. The quantitative estimate of drug-likeness (QED) is 0.227. The maximum atomic E-state index is 13.0. The molecule has 0 saturated heterocycles. The number of carbonyl (C=O) groups is 1. The number of benzene rings is 2. The molecule has 0 aliphatic carbocycles. The van der Waals surface area contributed by atoms with Crippen molar-refractivity contribution < 1.29 is 14.3 Å². The van der Waals surface area contributed by atoms with Crippen LogP contribution >= 0.6 is 0 Å². The van der Waals surface area contributed by atoms with E-state index in [4.69, 9.17) is 15.2 Å². The van der Waals surface area contributed by atoms with Crippen molar-refractivity contribution >= 4 is 12.1 Å². The minimum Gasteiger partial charge on any atom is -0.493 e. The molecule has 4 N–H and O–H groups in total. The molecule has 2 aromatic heterocycles. The van der Waals surface area contributed by atoms with Gasteiger partial charge in [-0.05, 0) is 42.8 Å². The van der Waals surface area contributed by atoms with Crippen molar-refractivity contribution in [3.8, 4) is 33.9 Å². The predicted molar refractivity (Wildman–Crippen MR) is 137 cm³/mol. The fourth-order valence-electron chi connectivity index (χ4n) is 3.91. The number of rotatable bonds is 10. The van der Waals surface area contributed by atoms with Crippen LogP contribution in [0.1, 0.15) is 22.3 Å². The lowest BCUT2D eigenvalue weighted by atomic mass is 10.1. The topological polar surface area (TPSA) is 141 Å². The number of nitrogens with one attached hydrogen (secondary N) is 2. The van der Waals surface area contributed by atoms with Gasteiger partial charge in [0.05, 0.1) is 31.0 Å². The summed E-state index contributed by atoms with van der Waals surface area (Å²) in [6.07, 6.45) is 3.02. The average molecular weight is 490 g/mol. The van der Waals surface area contributed by atoms with Gasteiger partial charge in [0.2, 0.25) is 5.78 Å². The Hall–Kier alpha value is -4.28. The van der Waals surface area contributed by atoms with Gasteiger partial charge in [-0.2, -0.15) is 4.98 Å². The van der Waals surface area contributed by atoms with Crippen LogP contribution in [0.15, 0.2) is 58.3 Å². The van der Waals surface area contributed by atoms with Crippen molar-refractivity contribution in [1.82, 2.24) is 19.7 Å². The molecule has 4 rings (SSSR count). The van der Waals surface area contributed by atoms with Crippen LogP contribution < -0.4 is 31.6 Å². The number of ether oxygens (including phenoxy) is 2. The highest BCUT2D eigenvalue weighted by molar-refractivity contribution is 5.85. The van der Waals surface area contributed by atoms with Crippen LogP contribution in [-0.4, -0.2) is 48.0 Å². The number of methoxy groups -OCH3 is 2. The molecule has 2 aromatic carbocycles. The second-order valence-corrected chi connectivity index (χ2v) is 8.11. The molecule has 10 heteroatoms. The summed E-state index contributed by atoms with van der Waals surface area (Å²) in [5.74, 6) is 0.696. The average Bonchev–Trinajstić information content (AvgIpc) is 2.90. The Labute approximate surface area is 206 Å². The van der Waals surface area contributed by atoms with E-state index in [1.54, 1.807) is 12.1 Å². The van der Waals surface area contributed by atoms with Crippen LogP contribution in [0.5, 0.6) is 11.5 Å². The van der Waals surface area contributed by atoms with Gasteiger partial charge in [-0.25, -0.2) is 0 Å². The largest absolute Gasteiger partial charge is 0.493 e. The first-order valence-electron chi connectivity index (χ1n) is 11.4. The van der Waals surface area contributed by atoms with Gasteiger partial charge in [0.15, 0.2) is 17.8 Å². The summed E-state index contributed by atoms with van der Waals surface area (Å²) in [4.78, 5) is 44.5. The fourth-order valence-corrected chi connectivity index (χ4v) is 3.91. The zero-order valence-electron chi connectivity index (χ0n) is 20.0. The molecule has 36 heavy (non-hydrogen) atoms. The summed E-state index contributed by atoms with van der Waals surface area (Å²) < 4.78 is 11.9. The van der Waals surface area contributed by atoms with Crippen molar-refractivity contribution in [2.75, 3.05) is 27.3 Å². The maximum Gasteiger partial charge on any atom is 0.282 e. The Morgan fingerprint density at radius 1 is 1.08 bits per heavy atom. The van der Waals surface area contributed by atoms with E-state index in [9.17, 15) is 14.4 Å². The minimum atomic E-state index is -0.475. The lowest BCUT2D eigenvalue weighted by molar-refractivity contribution is 0.112. The summed E-state index contributed by atoms with van der Waals surface area (Å²) in [6, 6.07) is 12.1. The number of aromatic nitrogens is 3. The summed E-state index contributed by atoms with van der Waals surface area (Å²) in [6.45, 7) is 2.16. The Bertz CT molecular complexity index is 1510. The molecular formula is C26H27N5O5. The molecule has 10 nitrogen and oxygen atoms in total. The van der Waals surface area contributed by atoms with Gasteiger partial charge in [0, 0.05) is 24.4 Å². The van der Waals surface area contributed by atoms with Crippen molar-refractivity contribution in [2.45, 2.75) is 13.0 Å². The predicted octanol–water partition coefficient (Wildman–Crippen LogP) is 1.98. The molecule has 0 fully saturated rings. The third-order valence-electron chi connectivity index (χ3n) is 5.77. The molecule has 0 aliphatic rings. The van der Waals surface area contributed by atoms with Crippen LogP contribution in [0.25, 0.3) is 28.2 Å². The smallest absolute Gasteiger partial charge is 0.282 e. The standard InChI is InChI=1S/C26H27N5O5/c1-35-22-11-18(10-19(15-32)24(22)36-2)21-12-23(33)31-14-20(25(34)30-26(31)29-21)17-6-4-16(5-7-17)13-28-9-3-8-27/h4-7,10-12,14-15,28H,3,8-9,13,27H2,1-2H3,(H,29,30,34). The van der Waals surface area contributed by atoms with Gasteiger partial charge < -0.3 is 25.5 Å². The van der Waals surface area contributed by atoms with E-state index in [0.717, 1.165) is 18.5 Å². The number of aldehydes is 1. The third-order valence-corrected chi connectivity index (χ3v) is 5.77. The molecule has 4 aromatic rings. The van der Waals surface area contributed by atoms with Crippen molar-refractivity contribution in [1.29, 1.82) is 0 Å². The Kier molecular flexibility index (Phi) is 7.57. The first-order chi connectivity index (χ1) is 17.5. The van der Waals surface area contributed by atoms with Crippen molar-refractivity contribution in [2.24, 2.45) is 5.73 Å². The Balaban J connectivity index is 1.71. The first-order valence-corrected chi connectivity index (χ1v) is 11.4. The second kappa shape index (κ2) is 11.0.